The molecule has 1 aliphatic rings. The molecule has 0 saturated carbocycles. The van der Waals surface area contributed by atoms with Crippen molar-refractivity contribution in [1.29, 1.82) is 0 Å². The van der Waals surface area contributed by atoms with Crippen LogP contribution in [0.3, 0.4) is 0 Å². The molecule has 1 heterocycles. The molecule has 1 aromatic carbocycles. The van der Waals surface area contributed by atoms with E-state index in [0.717, 1.165) is 5.56 Å². The Hall–Kier alpha value is -2.11. The van der Waals surface area contributed by atoms with Gasteiger partial charge in [-0.25, -0.2) is 9.18 Å². The molecule has 0 bridgehead atoms. The number of carbonyl (C=O) groups excluding carboxylic acids is 2. The number of likely N-dealkylation sites (tertiary alicyclic amines) is 1. The van der Waals surface area contributed by atoms with Gasteiger partial charge in [0.05, 0.1) is 13.0 Å². The number of ether oxygens (including phenoxy) is 2. The van der Waals surface area contributed by atoms with E-state index in [1.165, 1.54) is 24.1 Å². The van der Waals surface area contributed by atoms with Crippen molar-refractivity contribution in [3.05, 3.63) is 35.6 Å². The zero-order valence-electron chi connectivity index (χ0n) is 14.5. The number of carbonyl (C=O) groups is 2. The third kappa shape index (κ3) is 4.46. The molecule has 1 aliphatic heterocycles. The van der Waals surface area contributed by atoms with Gasteiger partial charge in [-0.2, -0.15) is 0 Å². The van der Waals surface area contributed by atoms with Crippen LogP contribution in [0.2, 0.25) is 0 Å². The highest BCUT2D eigenvalue weighted by Gasteiger charge is 2.38. The lowest BCUT2D eigenvalue weighted by molar-refractivity contribution is -0.148. The highest BCUT2D eigenvalue weighted by molar-refractivity contribution is 5.76. The van der Waals surface area contributed by atoms with Crippen LogP contribution in [0.1, 0.15) is 38.7 Å². The van der Waals surface area contributed by atoms with E-state index in [2.05, 4.69) is 0 Å². The van der Waals surface area contributed by atoms with Gasteiger partial charge in [0.25, 0.3) is 0 Å². The third-order valence-corrected chi connectivity index (χ3v) is 4.07. The Morgan fingerprint density at radius 2 is 1.83 bits per heavy atom. The Kier molecular flexibility index (Phi) is 5.47. The summed E-state index contributed by atoms with van der Waals surface area (Å²) in [5.74, 6) is -1.31. The molecule has 0 aromatic heterocycles. The van der Waals surface area contributed by atoms with Gasteiger partial charge in [-0.05, 0) is 44.9 Å². The van der Waals surface area contributed by atoms with Crippen LogP contribution in [0.4, 0.5) is 9.18 Å². The summed E-state index contributed by atoms with van der Waals surface area (Å²) in [5, 5.41) is 0. The fraction of sp³-hybridized carbons (Fsp3) is 0.556. The largest absolute Gasteiger partial charge is 0.469 e. The summed E-state index contributed by atoms with van der Waals surface area (Å²) in [4.78, 5) is 26.0. The Bertz CT molecular complexity index is 594. The Balaban J connectivity index is 2.17. The molecule has 6 heteroatoms. The first-order valence-electron chi connectivity index (χ1n) is 8.02. The smallest absolute Gasteiger partial charge is 0.410 e. The Morgan fingerprint density at radius 1 is 1.21 bits per heavy atom. The molecule has 1 aromatic rings. The lowest BCUT2D eigenvalue weighted by Crippen LogP contribution is -2.47. The van der Waals surface area contributed by atoms with Crippen LogP contribution in [0.25, 0.3) is 0 Å². The molecule has 0 radical (unpaired) electrons. The molecule has 2 rings (SSSR count). The van der Waals surface area contributed by atoms with Gasteiger partial charge < -0.3 is 14.4 Å². The first-order chi connectivity index (χ1) is 11.2. The highest BCUT2D eigenvalue weighted by atomic mass is 19.1. The summed E-state index contributed by atoms with van der Waals surface area (Å²) in [7, 11) is 1.33. The van der Waals surface area contributed by atoms with Crippen LogP contribution < -0.4 is 0 Å². The van der Waals surface area contributed by atoms with Gasteiger partial charge in [0.2, 0.25) is 0 Å². The number of amides is 1. The minimum absolute atomic E-state index is 0.114. The molecule has 0 unspecified atom stereocenters. The quantitative estimate of drug-likeness (QED) is 0.777. The average molecular weight is 337 g/mol. The Labute approximate surface area is 141 Å². The molecule has 0 spiro atoms. The van der Waals surface area contributed by atoms with E-state index in [4.69, 9.17) is 9.47 Å². The first-order valence-corrected chi connectivity index (χ1v) is 8.02. The second-order valence-electron chi connectivity index (χ2n) is 7.00. The molecular weight excluding hydrogens is 313 g/mol. The van der Waals surface area contributed by atoms with Gasteiger partial charge in [0, 0.05) is 19.0 Å². The first kappa shape index (κ1) is 18.2. The summed E-state index contributed by atoms with van der Waals surface area (Å²) >= 11 is 0. The van der Waals surface area contributed by atoms with Crippen LogP contribution in [0.15, 0.2) is 24.3 Å². The van der Waals surface area contributed by atoms with Crippen molar-refractivity contribution in [2.75, 3.05) is 20.2 Å². The zero-order chi connectivity index (χ0) is 17.9. The fourth-order valence-electron chi connectivity index (χ4n) is 2.94. The molecule has 24 heavy (non-hydrogen) atoms. The van der Waals surface area contributed by atoms with Crippen molar-refractivity contribution < 1.29 is 23.5 Å². The topological polar surface area (TPSA) is 55.8 Å². The van der Waals surface area contributed by atoms with Crippen molar-refractivity contribution >= 4 is 12.1 Å². The number of nitrogens with zero attached hydrogens (tertiary/aromatic N) is 1. The SMILES string of the molecule is COC(=O)[C@H]1CN(C(=O)OC(C)(C)C)CC[C@@H]1c1ccc(F)cc1. The van der Waals surface area contributed by atoms with Crippen molar-refractivity contribution in [2.45, 2.75) is 38.7 Å². The molecule has 5 nitrogen and oxygen atoms in total. The zero-order valence-corrected chi connectivity index (χ0v) is 14.5. The van der Waals surface area contributed by atoms with E-state index in [9.17, 15) is 14.0 Å². The highest BCUT2D eigenvalue weighted by Crippen LogP contribution is 2.34. The van der Waals surface area contributed by atoms with E-state index in [1.54, 1.807) is 32.9 Å². The lowest BCUT2D eigenvalue weighted by Gasteiger charge is -2.37. The molecule has 2 atom stereocenters. The second kappa shape index (κ2) is 7.20. The van der Waals surface area contributed by atoms with E-state index in [1.807, 2.05) is 0 Å². The maximum Gasteiger partial charge on any atom is 0.410 e. The number of esters is 1. The lowest BCUT2D eigenvalue weighted by atomic mass is 9.80. The van der Waals surface area contributed by atoms with Gasteiger partial charge in [-0.1, -0.05) is 12.1 Å². The number of piperidine rings is 1. The predicted molar refractivity (Wildman–Crippen MR) is 87.1 cm³/mol. The monoisotopic (exact) mass is 337 g/mol. The van der Waals surface area contributed by atoms with Gasteiger partial charge >= 0.3 is 12.1 Å². The average Bonchev–Trinajstić information content (AvgIpc) is 2.52. The minimum Gasteiger partial charge on any atom is -0.469 e. The van der Waals surface area contributed by atoms with Crippen LogP contribution in [-0.4, -0.2) is 42.8 Å². The summed E-state index contributed by atoms with van der Waals surface area (Å²) < 4.78 is 23.4. The van der Waals surface area contributed by atoms with Crippen LogP contribution in [0.5, 0.6) is 0 Å². The summed E-state index contributed by atoms with van der Waals surface area (Å²) in [6.45, 7) is 6.10. The number of methoxy groups -OCH3 is 1. The van der Waals surface area contributed by atoms with E-state index in [-0.39, 0.29) is 24.2 Å². The molecule has 1 saturated heterocycles. The van der Waals surface area contributed by atoms with Gasteiger partial charge in [0.15, 0.2) is 0 Å². The molecule has 1 fully saturated rings. The minimum atomic E-state index is -0.592. The summed E-state index contributed by atoms with van der Waals surface area (Å²) in [5.41, 5.74) is 0.279. The van der Waals surface area contributed by atoms with Crippen LogP contribution >= 0.6 is 0 Å². The van der Waals surface area contributed by atoms with Gasteiger partial charge in [-0.15, -0.1) is 0 Å². The molecule has 1 amide bonds. The summed E-state index contributed by atoms with van der Waals surface area (Å²) in [6.07, 6.45) is 0.152. The van der Waals surface area contributed by atoms with Crippen LogP contribution in [-0.2, 0) is 14.3 Å². The van der Waals surface area contributed by atoms with Crippen molar-refractivity contribution in [3.8, 4) is 0 Å². The van der Waals surface area contributed by atoms with Gasteiger partial charge in [0.1, 0.15) is 11.4 Å². The standard InChI is InChI=1S/C18H24FNO4/c1-18(2,3)24-17(22)20-10-9-14(15(11-20)16(21)23-4)12-5-7-13(19)8-6-12/h5-8,14-15H,9-11H2,1-4H3/t14-,15+/m1/s1. The van der Waals surface area contributed by atoms with E-state index < -0.39 is 17.6 Å². The number of rotatable bonds is 2. The second-order valence-corrected chi connectivity index (χ2v) is 7.00. The number of benzene rings is 1. The predicted octanol–water partition coefficient (Wildman–Crippen LogP) is 3.34. The maximum atomic E-state index is 13.1. The molecule has 132 valence electrons. The third-order valence-electron chi connectivity index (χ3n) is 4.07. The normalized spacial score (nSPS) is 21.3. The summed E-state index contributed by atoms with van der Waals surface area (Å²) in [6, 6.07) is 6.12. The number of hydrogen-bond acceptors (Lipinski definition) is 4. The van der Waals surface area contributed by atoms with Crippen molar-refractivity contribution in [3.63, 3.8) is 0 Å². The molecular formula is C18H24FNO4. The molecule has 0 aliphatic carbocycles. The van der Waals surface area contributed by atoms with E-state index >= 15 is 0 Å². The number of hydrogen-bond donors (Lipinski definition) is 0. The number of halogens is 1. The van der Waals surface area contributed by atoms with Crippen molar-refractivity contribution in [2.24, 2.45) is 5.92 Å². The van der Waals surface area contributed by atoms with Crippen LogP contribution in [0, 0.1) is 11.7 Å². The Morgan fingerprint density at radius 3 is 2.38 bits per heavy atom. The van der Waals surface area contributed by atoms with Crippen molar-refractivity contribution in [1.82, 2.24) is 4.90 Å². The maximum absolute atomic E-state index is 13.1. The molecule has 0 N–H and O–H groups in total. The van der Waals surface area contributed by atoms with E-state index in [0.29, 0.717) is 13.0 Å². The fourth-order valence-corrected chi connectivity index (χ4v) is 2.94. The van der Waals surface area contributed by atoms with Gasteiger partial charge in [-0.3, -0.25) is 4.79 Å².